The molecule has 0 spiro atoms. The van der Waals surface area contributed by atoms with Gasteiger partial charge in [0.05, 0.1) is 0 Å². The quantitative estimate of drug-likeness (QED) is 0.704. The van der Waals surface area contributed by atoms with E-state index in [0.29, 0.717) is 11.7 Å². The third-order valence-electron chi connectivity index (χ3n) is 2.69. The van der Waals surface area contributed by atoms with Gasteiger partial charge in [-0.25, -0.2) is 0 Å². The van der Waals surface area contributed by atoms with Crippen LogP contribution in [0.25, 0.3) is 0 Å². The molecular weight excluding hydrogens is 174 g/mol. The van der Waals surface area contributed by atoms with E-state index >= 15 is 0 Å². The predicted molar refractivity (Wildman–Crippen MR) is 56.5 cm³/mol. The molecule has 1 aromatic rings. The van der Waals surface area contributed by atoms with Crippen LogP contribution in [0.1, 0.15) is 42.6 Å². The fourth-order valence-corrected chi connectivity index (χ4v) is 2.11. The minimum absolute atomic E-state index is 0.328. The van der Waals surface area contributed by atoms with Gasteiger partial charge in [0.2, 0.25) is 0 Å². The monoisotopic (exact) mass is 191 g/mol. The molecule has 2 heteroatoms. The normalized spacial score (nSPS) is 16.1. The van der Waals surface area contributed by atoms with Crippen molar-refractivity contribution in [1.82, 2.24) is 4.57 Å². The van der Waals surface area contributed by atoms with Crippen LogP contribution in [0.3, 0.4) is 0 Å². The van der Waals surface area contributed by atoms with Crippen molar-refractivity contribution in [2.45, 2.75) is 39.7 Å². The summed E-state index contributed by atoms with van der Waals surface area (Å²) in [4.78, 5) is 11.6. The van der Waals surface area contributed by atoms with Crippen molar-refractivity contribution >= 4 is 5.78 Å². The molecule has 0 saturated carbocycles. The summed E-state index contributed by atoms with van der Waals surface area (Å²) in [6, 6.07) is 0. The van der Waals surface area contributed by atoms with Crippen LogP contribution in [0.5, 0.6) is 0 Å². The summed E-state index contributed by atoms with van der Waals surface area (Å²) in [5.74, 6) is 0.965. The molecule has 0 unspecified atom stereocenters. The number of hydrogen-bond donors (Lipinski definition) is 0. The highest BCUT2D eigenvalue weighted by atomic mass is 16.1. The fraction of sp³-hybridized carbons (Fsp3) is 0.583. The molecule has 1 aliphatic carbocycles. The Labute approximate surface area is 84.9 Å². The lowest BCUT2D eigenvalue weighted by Gasteiger charge is -2.07. The second kappa shape index (κ2) is 3.60. The molecule has 2 rings (SSSR count). The topological polar surface area (TPSA) is 22.0 Å². The molecule has 0 aromatic carbocycles. The molecule has 0 aliphatic heterocycles. The Morgan fingerprint density at radius 1 is 1.36 bits per heavy atom. The molecule has 0 bridgehead atoms. The SMILES string of the molecule is CC(C)Cn1cc2c(c1)C(=O)CCC2. The summed E-state index contributed by atoms with van der Waals surface area (Å²) >= 11 is 0. The third kappa shape index (κ3) is 1.74. The van der Waals surface area contributed by atoms with Crippen LogP contribution in [0.4, 0.5) is 0 Å². The largest absolute Gasteiger partial charge is 0.353 e. The fourth-order valence-electron chi connectivity index (χ4n) is 2.11. The van der Waals surface area contributed by atoms with E-state index in [-0.39, 0.29) is 0 Å². The molecule has 1 aliphatic rings. The van der Waals surface area contributed by atoms with Gasteiger partial charge >= 0.3 is 0 Å². The number of carbonyl (C=O) groups is 1. The van der Waals surface area contributed by atoms with E-state index in [9.17, 15) is 4.79 Å². The highest BCUT2D eigenvalue weighted by Gasteiger charge is 2.18. The highest BCUT2D eigenvalue weighted by molar-refractivity contribution is 5.98. The first-order valence-corrected chi connectivity index (χ1v) is 5.38. The van der Waals surface area contributed by atoms with E-state index in [4.69, 9.17) is 0 Å². The third-order valence-corrected chi connectivity index (χ3v) is 2.69. The highest BCUT2D eigenvalue weighted by Crippen LogP contribution is 2.22. The van der Waals surface area contributed by atoms with Crippen LogP contribution in [-0.2, 0) is 13.0 Å². The van der Waals surface area contributed by atoms with Crippen LogP contribution in [0, 0.1) is 5.92 Å². The molecule has 0 N–H and O–H groups in total. The van der Waals surface area contributed by atoms with Gasteiger partial charge in [0.1, 0.15) is 0 Å². The predicted octanol–water partition coefficient (Wildman–Crippen LogP) is 2.66. The van der Waals surface area contributed by atoms with Gasteiger partial charge in [-0.3, -0.25) is 4.79 Å². The summed E-state index contributed by atoms with van der Waals surface area (Å²) < 4.78 is 2.17. The second-order valence-electron chi connectivity index (χ2n) is 4.56. The van der Waals surface area contributed by atoms with Crippen LogP contribution in [0.15, 0.2) is 12.4 Å². The Kier molecular flexibility index (Phi) is 2.44. The first-order chi connectivity index (χ1) is 6.66. The molecule has 0 radical (unpaired) electrons. The summed E-state index contributed by atoms with van der Waals surface area (Å²) in [5, 5.41) is 0. The smallest absolute Gasteiger partial charge is 0.164 e. The number of hydrogen-bond acceptors (Lipinski definition) is 1. The van der Waals surface area contributed by atoms with Crippen LogP contribution in [-0.4, -0.2) is 10.4 Å². The number of fused-ring (bicyclic) bond motifs is 1. The Balaban J connectivity index is 2.26. The first-order valence-electron chi connectivity index (χ1n) is 5.38. The Hall–Kier alpha value is -1.05. The lowest BCUT2D eigenvalue weighted by molar-refractivity contribution is 0.0973. The molecule has 76 valence electrons. The van der Waals surface area contributed by atoms with E-state index in [1.807, 2.05) is 6.20 Å². The summed E-state index contributed by atoms with van der Waals surface area (Å²) in [7, 11) is 0. The number of aromatic nitrogens is 1. The Morgan fingerprint density at radius 2 is 2.14 bits per heavy atom. The van der Waals surface area contributed by atoms with E-state index in [2.05, 4.69) is 24.6 Å². The number of nitrogens with zero attached hydrogens (tertiary/aromatic N) is 1. The lowest BCUT2D eigenvalue weighted by Crippen LogP contribution is -2.07. The van der Waals surface area contributed by atoms with Gasteiger partial charge in [0.15, 0.2) is 5.78 Å². The molecule has 1 aromatic heterocycles. The van der Waals surface area contributed by atoms with E-state index in [0.717, 1.165) is 31.4 Å². The Morgan fingerprint density at radius 3 is 2.79 bits per heavy atom. The maximum absolute atomic E-state index is 11.6. The molecular formula is C12H17NO. The number of carbonyl (C=O) groups excluding carboxylic acids is 1. The zero-order valence-electron chi connectivity index (χ0n) is 8.92. The van der Waals surface area contributed by atoms with Gasteiger partial charge in [-0.15, -0.1) is 0 Å². The van der Waals surface area contributed by atoms with Crippen LogP contribution < -0.4 is 0 Å². The van der Waals surface area contributed by atoms with Gasteiger partial charge in [0.25, 0.3) is 0 Å². The maximum atomic E-state index is 11.6. The van der Waals surface area contributed by atoms with Gasteiger partial charge < -0.3 is 4.57 Å². The molecule has 0 fully saturated rings. The average Bonchev–Trinajstić information content (AvgIpc) is 2.47. The molecule has 14 heavy (non-hydrogen) atoms. The molecule has 0 atom stereocenters. The minimum Gasteiger partial charge on any atom is -0.353 e. The minimum atomic E-state index is 0.328. The molecule has 1 heterocycles. The zero-order chi connectivity index (χ0) is 10.1. The van der Waals surface area contributed by atoms with Crippen molar-refractivity contribution in [3.8, 4) is 0 Å². The van der Waals surface area contributed by atoms with Crippen molar-refractivity contribution < 1.29 is 4.79 Å². The van der Waals surface area contributed by atoms with Crippen molar-refractivity contribution in [3.63, 3.8) is 0 Å². The maximum Gasteiger partial charge on any atom is 0.164 e. The van der Waals surface area contributed by atoms with Gasteiger partial charge in [-0.2, -0.15) is 0 Å². The zero-order valence-corrected chi connectivity index (χ0v) is 8.92. The molecule has 0 amide bonds. The van der Waals surface area contributed by atoms with Crippen LogP contribution >= 0.6 is 0 Å². The van der Waals surface area contributed by atoms with Gasteiger partial charge in [0, 0.05) is 30.9 Å². The molecule has 2 nitrogen and oxygen atoms in total. The molecule has 0 saturated heterocycles. The lowest BCUT2D eigenvalue weighted by atomic mass is 9.95. The van der Waals surface area contributed by atoms with Crippen LogP contribution in [0.2, 0.25) is 0 Å². The number of rotatable bonds is 2. The van der Waals surface area contributed by atoms with E-state index in [1.165, 1.54) is 5.56 Å². The second-order valence-corrected chi connectivity index (χ2v) is 4.56. The van der Waals surface area contributed by atoms with Crippen molar-refractivity contribution in [2.24, 2.45) is 5.92 Å². The standard InChI is InChI=1S/C12H17NO/c1-9(2)6-13-7-10-4-3-5-12(14)11(10)8-13/h7-9H,3-6H2,1-2H3. The van der Waals surface area contributed by atoms with Gasteiger partial charge in [-0.05, 0) is 24.3 Å². The van der Waals surface area contributed by atoms with Crippen molar-refractivity contribution in [1.29, 1.82) is 0 Å². The number of Topliss-reactive ketones (excluding diaryl/α,β-unsaturated/α-hetero) is 1. The van der Waals surface area contributed by atoms with Crippen molar-refractivity contribution in [2.75, 3.05) is 0 Å². The summed E-state index contributed by atoms with van der Waals surface area (Å²) in [5.41, 5.74) is 2.22. The first kappa shape index (κ1) is 9.50. The average molecular weight is 191 g/mol. The van der Waals surface area contributed by atoms with E-state index in [1.54, 1.807) is 0 Å². The Bertz CT molecular complexity index is 349. The summed E-state index contributed by atoms with van der Waals surface area (Å²) in [6.45, 7) is 5.40. The number of ketones is 1. The van der Waals surface area contributed by atoms with Gasteiger partial charge in [-0.1, -0.05) is 13.8 Å². The van der Waals surface area contributed by atoms with E-state index < -0.39 is 0 Å². The van der Waals surface area contributed by atoms with Crippen molar-refractivity contribution in [3.05, 3.63) is 23.5 Å². The number of aryl methyl sites for hydroxylation is 1. The summed E-state index contributed by atoms with van der Waals surface area (Å²) in [6.07, 6.45) is 7.01.